The zero-order valence-corrected chi connectivity index (χ0v) is 11.9. The van der Waals surface area contributed by atoms with Crippen LogP contribution in [0, 0.1) is 6.92 Å². The number of methoxy groups -OCH3 is 1. The summed E-state index contributed by atoms with van der Waals surface area (Å²) in [7, 11) is 1.35. The summed E-state index contributed by atoms with van der Waals surface area (Å²) in [6.07, 6.45) is 2.18. The van der Waals surface area contributed by atoms with Gasteiger partial charge in [0.2, 0.25) is 0 Å². The van der Waals surface area contributed by atoms with Gasteiger partial charge in [-0.15, -0.1) is 0 Å². The summed E-state index contributed by atoms with van der Waals surface area (Å²) < 4.78 is 10.3. The highest BCUT2D eigenvalue weighted by Gasteiger charge is 2.16. The highest BCUT2D eigenvalue weighted by Crippen LogP contribution is 2.17. The molecule has 0 aromatic carbocycles. The average molecular weight is 269 g/mol. The van der Waals surface area contributed by atoms with E-state index in [1.807, 2.05) is 0 Å². The second-order valence-corrected chi connectivity index (χ2v) is 4.53. The number of hydrogen-bond donors (Lipinski definition) is 1. The highest BCUT2D eigenvalue weighted by molar-refractivity contribution is 5.90. The molecule has 0 unspecified atom stereocenters. The maximum Gasteiger partial charge on any atom is 0.341 e. The molecular weight excluding hydrogens is 246 g/mol. The van der Waals surface area contributed by atoms with Crippen LogP contribution in [0.15, 0.2) is 10.5 Å². The van der Waals surface area contributed by atoms with E-state index in [1.54, 1.807) is 13.0 Å². The van der Waals surface area contributed by atoms with Gasteiger partial charge < -0.3 is 14.3 Å². The van der Waals surface area contributed by atoms with Crippen LogP contribution in [0.25, 0.3) is 0 Å². The second kappa shape index (κ2) is 7.96. The zero-order chi connectivity index (χ0) is 14.3. The van der Waals surface area contributed by atoms with Crippen LogP contribution in [0.5, 0.6) is 0 Å². The quantitative estimate of drug-likeness (QED) is 0.731. The minimum absolute atomic E-state index is 0.118. The van der Waals surface area contributed by atoms with Crippen molar-refractivity contribution in [3.8, 4) is 0 Å². The molecule has 5 heteroatoms. The molecule has 5 nitrogen and oxygen atoms in total. The van der Waals surface area contributed by atoms with Crippen molar-refractivity contribution in [1.29, 1.82) is 0 Å². The molecule has 0 fully saturated rings. The summed E-state index contributed by atoms with van der Waals surface area (Å²) in [4.78, 5) is 13.6. The molecule has 0 spiro atoms. The topological polar surface area (TPSA) is 62.9 Å². The Kier molecular flexibility index (Phi) is 6.59. The molecule has 19 heavy (non-hydrogen) atoms. The SMILES string of the molecule is CCCCN(CCO)Cc1cc(C(=O)OC)c(C)o1. The molecule has 0 bridgehead atoms. The van der Waals surface area contributed by atoms with Crippen LogP contribution in [0.2, 0.25) is 0 Å². The third kappa shape index (κ3) is 4.69. The van der Waals surface area contributed by atoms with Crippen molar-refractivity contribution in [2.24, 2.45) is 0 Å². The number of carbonyl (C=O) groups excluding carboxylic acids is 1. The lowest BCUT2D eigenvalue weighted by Crippen LogP contribution is -2.27. The van der Waals surface area contributed by atoms with Gasteiger partial charge in [-0.05, 0) is 26.0 Å². The summed E-state index contributed by atoms with van der Waals surface area (Å²) in [5, 5.41) is 9.05. The smallest absolute Gasteiger partial charge is 0.341 e. The Labute approximate surface area is 114 Å². The molecule has 0 radical (unpaired) electrons. The minimum Gasteiger partial charge on any atom is -0.465 e. The summed E-state index contributed by atoms with van der Waals surface area (Å²) in [6, 6.07) is 1.72. The van der Waals surface area contributed by atoms with Crippen molar-refractivity contribution in [3.05, 3.63) is 23.2 Å². The van der Waals surface area contributed by atoms with Crippen LogP contribution in [0.1, 0.15) is 41.6 Å². The summed E-state index contributed by atoms with van der Waals surface area (Å²) in [5.41, 5.74) is 0.469. The van der Waals surface area contributed by atoms with E-state index in [0.29, 0.717) is 24.4 Å². The molecule has 0 amide bonds. The van der Waals surface area contributed by atoms with E-state index < -0.39 is 0 Å². The third-order valence-corrected chi connectivity index (χ3v) is 3.00. The molecule has 0 aliphatic rings. The number of aryl methyl sites for hydroxylation is 1. The van der Waals surface area contributed by atoms with Gasteiger partial charge in [0.25, 0.3) is 0 Å². The number of hydrogen-bond acceptors (Lipinski definition) is 5. The van der Waals surface area contributed by atoms with Crippen LogP contribution in [0.3, 0.4) is 0 Å². The van der Waals surface area contributed by atoms with E-state index in [9.17, 15) is 4.79 Å². The Morgan fingerprint density at radius 2 is 2.21 bits per heavy atom. The molecule has 0 saturated carbocycles. The molecule has 0 saturated heterocycles. The first kappa shape index (κ1) is 15.7. The summed E-state index contributed by atoms with van der Waals surface area (Å²) >= 11 is 0. The van der Waals surface area contributed by atoms with Crippen molar-refractivity contribution in [2.45, 2.75) is 33.2 Å². The number of aliphatic hydroxyl groups excluding tert-OH is 1. The first-order valence-electron chi connectivity index (χ1n) is 6.63. The van der Waals surface area contributed by atoms with E-state index in [0.717, 1.165) is 25.1 Å². The molecule has 108 valence electrons. The number of furan rings is 1. The molecular formula is C14H23NO4. The Morgan fingerprint density at radius 3 is 2.79 bits per heavy atom. The van der Waals surface area contributed by atoms with Crippen LogP contribution in [0.4, 0.5) is 0 Å². The number of unbranched alkanes of at least 4 members (excludes halogenated alkanes) is 1. The Bertz CT molecular complexity index is 400. The maximum absolute atomic E-state index is 11.5. The van der Waals surface area contributed by atoms with Gasteiger partial charge in [0, 0.05) is 6.54 Å². The third-order valence-electron chi connectivity index (χ3n) is 3.00. The second-order valence-electron chi connectivity index (χ2n) is 4.53. The van der Waals surface area contributed by atoms with E-state index in [2.05, 4.69) is 11.8 Å². The van der Waals surface area contributed by atoms with Crippen molar-refractivity contribution < 1.29 is 19.1 Å². The summed E-state index contributed by atoms with van der Waals surface area (Å²) in [5.74, 6) is 0.915. The van der Waals surface area contributed by atoms with Crippen molar-refractivity contribution in [3.63, 3.8) is 0 Å². The molecule has 1 heterocycles. The van der Waals surface area contributed by atoms with Crippen LogP contribution in [-0.2, 0) is 11.3 Å². The van der Waals surface area contributed by atoms with Gasteiger partial charge in [0.05, 0.1) is 20.3 Å². The normalized spacial score (nSPS) is 11.0. The molecule has 0 aliphatic heterocycles. The Balaban J connectivity index is 2.70. The molecule has 1 aromatic rings. The maximum atomic E-state index is 11.5. The van der Waals surface area contributed by atoms with Crippen molar-refractivity contribution >= 4 is 5.97 Å². The van der Waals surface area contributed by atoms with E-state index in [1.165, 1.54) is 7.11 Å². The lowest BCUT2D eigenvalue weighted by atomic mass is 10.2. The lowest BCUT2D eigenvalue weighted by molar-refractivity contribution is 0.0599. The fraction of sp³-hybridized carbons (Fsp3) is 0.643. The Morgan fingerprint density at radius 1 is 1.47 bits per heavy atom. The van der Waals surface area contributed by atoms with Gasteiger partial charge in [-0.1, -0.05) is 13.3 Å². The van der Waals surface area contributed by atoms with Crippen molar-refractivity contribution in [2.75, 3.05) is 26.8 Å². The number of ether oxygens (including phenoxy) is 1. The standard InChI is InChI=1S/C14H23NO4/c1-4-5-6-15(7-8-16)10-12-9-13(11(2)19-12)14(17)18-3/h9,16H,4-8,10H2,1-3H3. The largest absolute Gasteiger partial charge is 0.465 e. The fourth-order valence-electron chi connectivity index (χ4n) is 1.95. The molecule has 1 aromatic heterocycles. The first-order valence-corrected chi connectivity index (χ1v) is 6.63. The molecule has 1 rings (SSSR count). The predicted octanol–water partition coefficient (Wildman–Crippen LogP) is 1.97. The van der Waals surface area contributed by atoms with E-state index >= 15 is 0 Å². The molecule has 0 atom stereocenters. The monoisotopic (exact) mass is 269 g/mol. The first-order chi connectivity index (χ1) is 9.12. The van der Waals surface area contributed by atoms with Gasteiger partial charge in [0.1, 0.15) is 17.1 Å². The molecule has 1 N–H and O–H groups in total. The van der Waals surface area contributed by atoms with Gasteiger partial charge in [-0.3, -0.25) is 4.90 Å². The highest BCUT2D eigenvalue weighted by atomic mass is 16.5. The van der Waals surface area contributed by atoms with Crippen LogP contribution < -0.4 is 0 Å². The Hall–Kier alpha value is -1.33. The number of carbonyl (C=O) groups is 1. The number of aliphatic hydroxyl groups is 1. The molecule has 0 aliphatic carbocycles. The fourth-order valence-corrected chi connectivity index (χ4v) is 1.95. The zero-order valence-electron chi connectivity index (χ0n) is 11.9. The number of rotatable bonds is 8. The minimum atomic E-state index is -0.380. The van der Waals surface area contributed by atoms with Gasteiger partial charge in [0.15, 0.2) is 0 Å². The van der Waals surface area contributed by atoms with Gasteiger partial charge in [-0.25, -0.2) is 4.79 Å². The van der Waals surface area contributed by atoms with E-state index in [4.69, 9.17) is 14.3 Å². The lowest BCUT2D eigenvalue weighted by Gasteiger charge is -2.19. The van der Waals surface area contributed by atoms with Gasteiger partial charge >= 0.3 is 5.97 Å². The van der Waals surface area contributed by atoms with Crippen LogP contribution in [-0.4, -0.2) is 42.8 Å². The number of nitrogens with zero attached hydrogens (tertiary/aromatic N) is 1. The number of esters is 1. The average Bonchev–Trinajstić information content (AvgIpc) is 2.76. The predicted molar refractivity (Wildman–Crippen MR) is 72.1 cm³/mol. The van der Waals surface area contributed by atoms with Crippen LogP contribution >= 0.6 is 0 Å². The van der Waals surface area contributed by atoms with Crippen molar-refractivity contribution in [1.82, 2.24) is 4.90 Å². The van der Waals surface area contributed by atoms with Gasteiger partial charge in [-0.2, -0.15) is 0 Å². The summed E-state index contributed by atoms with van der Waals surface area (Å²) in [6.45, 7) is 6.10. The van der Waals surface area contributed by atoms with E-state index in [-0.39, 0.29) is 12.6 Å².